The Morgan fingerprint density at radius 1 is 1.33 bits per heavy atom. The molecule has 0 heterocycles. The molecule has 2 rings (SSSR count). The minimum atomic E-state index is -0.938. The van der Waals surface area contributed by atoms with Crippen molar-refractivity contribution in [3.05, 3.63) is 0 Å². The standard InChI is InChI=1S/C13H22N2O3/c1-13(2)7-10(13)14-12(18)15(8-11(16)17)9-5-3-4-6-9/h9-10H,3-8H2,1-2H3,(H,14,18)(H,16,17). The van der Waals surface area contributed by atoms with E-state index in [9.17, 15) is 9.59 Å². The molecule has 0 aromatic heterocycles. The largest absolute Gasteiger partial charge is 0.480 e. The second-order valence-electron chi connectivity index (χ2n) is 6.15. The zero-order valence-corrected chi connectivity index (χ0v) is 11.1. The van der Waals surface area contributed by atoms with E-state index in [0.29, 0.717) is 0 Å². The molecule has 2 amide bonds. The van der Waals surface area contributed by atoms with Gasteiger partial charge in [0.2, 0.25) is 0 Å². The van der Waals surface area contributed by atoms with E-state index in [4.69, 9.17) is 5.11 Å². The van der Waals surface area contributed by atoms with Crippen LogP contribution in [-0.2, 0) is 4.79 Å². The van der Waals surface area contributed by atoms with Gasteiger partial charge in [0.05, 0.1) is 0 Å². The van der Waals surface area contributed by atoms with E-state index in [1.54, 1.807) is 0 Å². The van der Waals surface area contributed by atoms with Crippen LogP contribution in [0.3, 0.4) is 0 Å². The molecule has 0 aromatic rings. The summed E-state index contributed by atoms with van der Waals surface area (Å²) in [6.45, 7) is 4.02. The summed E-state index contributed by atoms with van der Waals surface area (Å²) in [4.78, 5) is 24.5. The van der Waals surface area contributed by atoms with Crippen molar-refractivity contribution >= 4 is 12.0 Å². The number of hydrogen-bond donors (Lipinski definition) is 2. The van der Waals surface area contributed by atoms with Gasteiger partial charge in [-0.15, -0.1) is 0 Å². The van der Waals surface area contributed by atoms with E-state index >= 15 is 0 Å². The molecule has 2 aliphatic rings. The van der Waals surface area contributed by atoms with Crippen LogP contribution >= 0.6 is 0 Å². The van der Waals surface area contributed by atoms with Crippen molar-refractivity contribution < 1.29 is 14.7 Å². The lowest BCUT2D eigenvalue weighted by Gasteiger charge is -2.27. The van der Waals surface area contributed by atoms with Crippen LogP contribution in [0, 0.1) is 5.41 Å². The molecule has 0 aliphatic heterocycles. The lowest BCUT2D eigenvalue weighted by molar-refractivity contribution is -0.138. The zero-order valence-electron chi connectivity index (χ0n) is 11.1. The summed E-state index contributed by atoms with van der Waals surface area (Å²) in [5.74, 6) is -0.938. The summed E-state index contributed by atoms with van der Waals surface area (Å²) < 4.78 is 0. The number of urea groups is 1. The molecule has 0 aromatic carbocycles. The Hall–Kier alpha value is -1.26. The monoisotopic (exact) mass is 254 g/mol. The third-order valence-electron chi connectivity index (χ3n) is 4.14. The van der Waals surface area contributed by atoms with Crippen molar-refractivity contribution in [2.45, 2.75) is 58.0 Å². The molecule has 5 nitrogen and oxygen atoms in total. The van der Waals surface area contributed by atoms with Gasteiger partial charge in [-0.3, -0.25) is 4.79 Å². The number of amides is 2. The average molecular weight is 254 g/mol. The van der Waals surface area contributed by atoms with Gasteiger partial charge in [0.25, 0.3) is 0 Å². The highest BCUT2D eigenvalue weighted by atomic mass is 16.4. The first-order chi connectivity index (χ1) is 8.40. The number of nitrogens with zero attached hydrogens (tertiary/aromatic N) is 1. The molecule has 18 heavy (non-hydrogen) atoms. The predicted molar refractivity (Wildman–Crippen MR) is 67.3 cm³/mol. The second kappa shape index (κ2) is 4.78. The fourth-order valence-corrected chi connectivity index (χ4v) is 2.67. The molecule has 102 valence electrons. The minimum Gasteiger partial charge on any atom is -0.480 e. The Balaban J connectivity index is 1.94. The topological polar surface area (TPSA) is 69.6 Å². The summed E-state index contributed by atoms with van der Waals surface area (Å²) in [7, 11) is 0. The fourth-order valence-electron chi connectivity index (χ4n) is 2.67. The van der Waals surface area contributed by atoms with Gasteiger partial charge in [-0.2, -0.15) is 0 Å². The van der Waals surface area contributed by atoms with Gasteiger partial charge >= 0.3 is 12.0 Å². The van der Waals surface area contributed by atoms with Gasteiger partial charge in [-0.05, 0) is 24.7 Å². The number of carbonyl (C=O) groups excluding carboxylic acids is 1. The molecule has 5 heteroatoms. The number of nitrogens with one attached hydrogen (secondary N) is 1. The van der Waals surface area contributed by atoms with Crippen molar-refractivity contribution in [2.24, 2.45) is 5.41 Å². The minimum absolute atomic E-state index is 0.1000. The van der Waals surface area contributed by atoms with E-state index in [1.165, 1.54) is 4.90 Å². The normalized spacial score (nSPS) is 25.8. The van der Waals surface area contributed by atoms with Crippen LogP contribution in [0.2, 0.25) is 0 Å². The number of carboxylic acids is 1. The van der Waals surface area contributed by atoms with E-state index in [1.807, 2.05) is 0 Å². The molecule has 1 unspecified atom stereocenters. The molecule has 2 N–H and O–H groups in total. The van der Waals surface area contributed by atoms with Crippen molar-refractivity contribution in [3.8, 4) is 0 Å². The van der Waals surface area contributed by atoms with E-state index < -0.39 is 5.97 Å². The molecule has 0 spiro atoms. The van der Waals surface area contributed by atoms with Crippen LogP contribution in [0.1, 0.15) is 46.0 Å². The predicted octanol–water partition coefficient (Wildman–Crippen LogP) is 1.82. The van der Waals surface area contributed by atoms with Crippen LogP contribution in [0.4, 0.5) is 4.79 Å². The second-order valence-corrected chi connectivity index (χ2v) is 6.15. The lowest BCUT2D eigenvalue weighted by Crippen LogP contribution is -2.48. The van der Waals surface area contributed by atoms with Gasteiger partial charge in [0.1, 0.15) is 6.54 Å². The quantitative estimate of drug-likeness (QED) is 0.804. The summed E-state index contributed by atoms with van der Waals surface area (Å²) in [6, 6.07) is 0.0885. The van der Waals surface area contributed by atoms with Gasteiger partial charge < -0.3 is 15.3 Å². The third kappa shape index (κ3) is 2.94. The van der Waals surface area contributed by atoms with Crippen LogP contribution < -0.4 is 5.32 Å². The van der Waals surface area contributed by atoms with Crippen molar-refractivity contribution in [1.29, 1.82) is 0 Å². The average Bonchev–Trinajstić information content (AvgIpc) is 2.69. The van der Waals surface area contributed by atoms with Gasteiger partial charge in [0.15, 0.2) is 0 Å². The Morgan fingerprint density at radius 2 is 1.89 bits per heavy atom. The summed E-state index contributed by atoms with van der Waals surface area (Å²) >= 11 is 0. The maximum atomic E-state index is 12.2. The Labute approximate surface area is 108 Å². The number of carbonyl (C=O) groups is 2. The third-order valence-corrected chi connectivity index (χ3v) is 4.14. The molecule has 1 atom stereocenters. The smallest absolute Gasteiger partial charge is 0.323 e. The maximum absolute atomic E-state index is 12.2. The molecular weight excluding hydrogens is 232 g/mol. The molecule has 2 saturated carbocycles. The SMILES string of the molecule is CC1(C)CC1NC(=O)N(CC(=O)O)C1CCCC1. The molecule has 2 fully saturated rings. The highest BCUT2D eigenvalue weighted by Crippen LogP contribution is 2.44. The highest BCUT2D eigenvalue weighted by Gasteiger charge is 2.47. The molecule has 0 saturated heterocycles. The number of rotatable bonds is 4. The fraction of sp³-hybridized carbons (Fsp3) is 0.846. The van der Waals surface area contributed by atoms with Crippen molar-refractivity contribution in [3.63, 3.8) is 0 Å². The first-order valence-corrected chi connectivity index (χ1v) is 6.69. The molecule has 2 aliphatic carbocycles. The maximum Gasteiger partial charge on any atom is 0.323 e. The van der Waals surface area contributed by atoms with Gasteiger partial charge in [-0.1, -0.05) is 26.7 Å². The number of aliphatic carboxylic acids is 1. The van der Waals surface area contributed by atoms with Crippen LogP contribution in [0.5, 0.6) is 0 Å². The molecular formula is C13H22N2O3. The number of carboxylic acid groups (broad SMARTS) is 1. The van der Waals surface area contributed by atoms with Crippen LogP contribution in [0.25, 0.3) is 0 Å². The first kappa shape index (κ1) is 13.2. The van der Waals surface area contributed by atoms with Gasteiger partial charge in [-0.25, -0.2) is 4.79 Å². The Kier molecular flexibility index (Phi) is 3.50. The molecule has 0 radical (unpaired) electrons. The molecule has 0 bridgehead atoms. The van der Waals surface area contributed by atoms with Crippen molar-refractivity contribution in [2.75, 3.05) is 6.54 Å². The van der Waals surface area contributed by atoms with Crippen LogP contribution in [-0.4, -0.2) is 40.6 Å². The van der Waals surface area contributed by atoms with Crippen molar-refractivity contribution in [1.82, 2.24) is 10.2 Å². The van der Waals surface area contributed by atoms with Crippen LogP contribution in [0.15, 0.2) is 0 Å². The van der Waals surface area contributed by atoms with Gasteiger partial charge in [0, 0.05) is 12.1 Å². The first-order valence-electron chi connectivity index (χ1n) is 6.69. The highest BCUT2D eigenvalue weighted by molar-refractivity contribution is 5.81. The summed E-state index contributed by atoms with van der Waals surface area (Å²) in [5.41, 5.74) is 0.167. The summed E-state index contributed by atoms with van der Waals surface area (Å²) in [6.07, 6.45) is 5.00. The summed E-state index contributed by atoms with van der Waals surface area (Å²) in [5, 5.41) is 11.9. The van der Waals surface area contributed by atoms with E-state index in [-0.39, 0.29) is 30.1 Å². The Morgan fingerprint density at radius 3 is 2.33 bits per heavy atom. The van der Waals surface area contributed by atoms with E-state index in [0.717, 1.165) is 32.1 Å². The van der Waals surface area contributed by atoms with E-state index in [2.05, 4.69) is 19.2 Å². The Bertz CT molecular complexity index is 348. The zero-order chi connectivity index (χ0) is 13.3. The lowest BCUT2D eigenvalue weighted by atomic mass is 10.2. The number of hydrogen-bond acceptors (Lipinski definition) is 2.